The summed E-state index contributed by atoms with van der Waals surface area (Å²) in [6.45, 7) is 4.47. The zero-order chi connectivity index (χ0) is 25.9. The molecule has 3 heterocycles. The van der Waals surface area contributed by atoms with E-state index in [0.717, 1.165) is 33.7 Å². The summed E-state index contributed by atoms with van der Waals surface area (Å²) in [6, 6.07) is 17.9. The second-order valence-corrected chi connectivity index (χ2v) is 10.9. The van der Waals surface area contributed by atoms with Crippen molar-refractivity contribution in [3.8, 4) is 16.9 Å². The van der Waals surface area contributed by atoms with Crippen molar-refractivity contribution in [3.05, 3.63) is 87.9 Å². The minimum atomic E-state index is -0.361. The minimum Gasteiger partial charge on any atom is -0.355 e. The number of anilines is 1. The largest absolute Gasteiger partial charge is 0.355 e. The molecule has 6 nitrogen and oxygen atoms in total. The molecule has 1 atom stereocenters. The molecule has 190 valence electrons. The number of carbonyl (C=O) groups excluding carboxylic acids is 2. The molecule has 2 aromatic heterocycles. The zero-order valence-corrected chi connectivity index (χ0v) is 22.2. The van der Waals surface area contributed by atoms with E-state index >= 15 is 0 Å². The number of hydrogen-bond donors (Lipinski definition) is 1. The summed E-state index contributed by atoms with van der Waals surface area (Å²) >= 11 is 3.20. The number of thiophene rings is 1. The van der Waals surface area contributed by atoms with E-state index < -0.39 is 0 Å². The average Bonchev–Trinajstić information content (AvgIpc) is 3.48. The minimum absolute atomic E-state index is 0.121. The van der Waals surface area contributed by atoms with Gasteiger partial charge in [-0.2, -0.15) is 5.10 Å². The van der Waals surface area contributed by atoms with Gasteiger partial charge in [-0.1, -0.05) is 37.3 Å². The molecular weight excluding hydrogens is 507 g/mol. The third-order valence-corrected chi connectivity index (χ3v) is 8.67. The van der Waals surface area contributed by atoms with Crippen LogP contribution in [-0.4, -0.2) is 40.4 Å². The van der Waals surface area contributed by atoms with Crippen molar-refractivity contribution >= 4 is 40.7 Å². The second kappa shape index (κ2) is 10.9. The number of carbonyl (C=O) groups is 2. The molecule has 1 aliphatic heterocycles. The van der Waals surface area contributed by atoms with Gasteiger partial charge in [0.15, 0.2) is 0 Å². The Balaban J connectivity index is 1.78. The molecule has 2 aromatic carbocycles. The number of benzene rings is 2. The van der Waals surface area contributed by atoms with Gasteiger partial charge >= 0.3 is 0 Å². The number of aryl methyl sites for hydroxylation is 1. The van der Waals surface area contributed by atoms with Gasteiger partial charge in [-0.3, -0.25) is 14.5 Å². The first-order valence-corrected chi connectivity index (χ1v) is 14.1. The molecule has 1 unspecified atom stereocenters. The fraction of sp³-hybridized carbons (Fsp3) is 0.250. The van der Waals surface area contributed by atoms with Crippen LogP contribution in [0.2, 0.25) is 0 Å². The molecule has 0 saturated carbocycles. The normalized spacial score (nSPS) is 15.4. The SMILES string of the molecule is CCCNC(=O)CN1C(=O)CSC(c2sccc2C)c2c(-c3ccccc3)nn(-c3ccc(F)cc3)c21. The topological polar surface area (TPSA) is 67.2 Å². The van der Waals surface area contributed by atoms with E-state index in [0.29, 0.717) is 18.1 Å². The summed E-state index contributed by atoms with van der Waals surface area (Å²) in [5.74, 6) is 0.00210. The van der Waals surface area contributed by atoms with Crippen molar-refractivity contribution in [2.24, 2.45) is 0 Å². The molecule has 37 heavy (non-hydrogen) atoms. The van der Waals surface area contributed by atoms with Crippen molar-refractivity contribution in [3.63, 3.8) is 0 Å². The number of thioether (sulfide) groups is 1. The Morgan fingerprint density at radius 3 is 2.57 bits per heavy atom. The van der Waals surface area contributed by atoms with E-state index in [4.69, 9.17) is 5.10 Å². The standard InChI is InChI=1S/C28H27FN4O2S2/c1-3-14-30-22(34)16-32-23(35)17-37-27(26-18(2)13-15-36-26)24-25(19-7-5-4-6-8-19)31-33(28(24)32)21-11-9-20(29)10-12-21/h4-13,15,27H,3,14,16-17H2,1-2H3,(H,30,34). The molecule has 5 rings (SSSR count). The van der Waals surface area contributed by atoms with Gasteiger partial charge < -0.3 is 5.32 Å². The van der Waals surface area contributed by atoms with Gasteiger partial charge in [0.25, 0.3) is 0 Å². The Bertz CT molecular complexity index is 1420. The number of aromatic nitrogens is 2. The van der Waals surface area contributed by atoms with Crippen LogP contribution in [0.25, 0.3) is 16.9 Å². The Morgan fingerprint density at radius 1 is 1.14 bits per heavy atom. The Hall–Kier alpha value is -3.43. The van der Waals surface area contributed by atoms with Crippen LogP contribution in [0.3, 0.4) is 0 Å². The quantitative estimate of drug-likeness (QED) is 0.328. The monoisotopic (exact) mass is 534 g/mol. The van der Waals surface area contributed by atoms with Crippen LogP contribution in [0.5, 0.6) is 0 Å². The lowest BCUT2D eigenvalue weighted by Crippen LogP contribution is -2.42. The zero-order valence-electron chi connectivity index (χ0n) is 20.6. The highest BCUT2D eigenvalue weighted by Gasteiger charge is 2.38. The average molecular weight is 535 g/mol. The maximum atomic E-state index is 13.8. The number of amides is 2. The predicted octanol–water partition coefficient (Wildman–Crippen LogP) is 5.74. The molecule has 0 aliphatic carbocycles. The molecule has 0 radical (unpaired) electrons. The highest BCUT2D eigenvalue weighted by Crippen LogP contribution is 2.50. The number of halogens is 1. The van der Waals surface area contributed by atoms with E-state index in [1.54, 1.807) is 44.8 Å². The molecule has 0 saturated heterocycles. The first-order valence-electron chi connectivity index (χ1n) is 12.1. The molecule has 0 spiro atoms. The number of nitrogens with zero attached hydrogens (tertiary/aromatic N) is 3. The predicted molar refractivity (Wildman–Crippen MR) is 148 cm³/mol. The summed E-state index contributed by atoms with van der Waals surface area (Å²) in [5, 5.41) is 9.79. The lowest BCUT2D eigenvalue weighted by atomic mass is 10.0. The number of fused-ring (bicyclic) bond motifs is 1. The van der Waals surface area contributed by atoms with Gasteiger partial charge in [0.2, 0.25) is 11.8 Å². The molecule has 9 heteroatoms. The van der Waals surface area contributed by atoms with E-state index in [1.165, 1.54) is 12.1 Å². The number of nitrogens with one attached hydrogen (secondary N) is 1. The maximum absolute atomic E-state index is 13.8. The molecule has 1 N–H and O–H groups in total. The molecule has 1 aliphatic rings. The van der Waals surface area contributed by atoms with Gasteiger partial charge in [0.1, 0.15) is 18.2 Å². The number of rotatable bonds is 7. The van der Waals surface area contributed by atoms with Crippen LogP contribution in [0.4, 0.5) is 10.2 Å². The van der Waals surface area contributed by atoms with Crippen LogP contribution >= 0.6 is 23.1 Å². The van der Waals surface area contributed by atoms with Crippen molar-refractivity contribution in [1.29, 1.82) is 0 Å². The summed E-state index contributed by atoms with van der Waals surface area (Å²) in [5.41, 5.74) is 4.27. The first kappa shape index (κ1) is 25.2. The molecule has 0 bridgehead atoms. The Labute approximate surface area is 223 Å². The highest BCUT2D eigenvalue weighted by atomic mass is 32.2. The third-order valence-electron chi connectivity index (χ3n) is 6.22. The fourth-order valence-electron chi connectivity index (χ4n) is 4.41. The van der Waals surface area contributed by atoms with Crippen LogP contribution in [0, 0.1) is 12.7 Å². The molecule has 4 aromatic rings. The van der Waals surface area contributed by atoms with Crippen LogP contribution < -0.4 is 10.2 Å². The maximum Gasteiger partial charge on any atom is 0.240 e. The molecule has 2 amide bonds. The van der Waals surface area contributed by atoms with Gasteiger partial charge in [0.05, 0.1) is 22.4 Å². The summed E-state index contributed by atoms with van der Waals surface area (Å²) in [6.07, 6.45) is 0.798. The van der Waals surface area contributed by atoms with E-state index in [9.17, 15) is 14.0 Å². The number of hydrogen-bond acceptors (Lipinski definition) is 5. The first-order chi connectivity index (χ1) is 18.0. The summed E-state index contributed by atoms with van der Waals surface area (Å²) in [7, 11) is 0. The van der Waals surface area contributed by atoms with Crippen molar-refractivity contribution < 1.29 is 14.0 Å². The van der Waals surface area contributed by atoms with Gasteiger partial charge in [-0.15, -0.1) is 23.1 Å². The van der Waals surface area contributed by atoms with Gasteiger partial charge in [0, 0.05) is 22.5 Å². The van der Waals surface area contributed by atoms with Crippen LogP contribution in [-0.2, 0) is 9.59 Å². The molecule has 0 fully saturated rings. The van der Waals surface area contributed by atoms with E-state index in [-0.39, 0.29) is 35.2 Å². The van der Waals surface area contributed by atoms with Crippen LogP contribution in [0.1, 0.15) is 34.6 Å². The second-order valence-electron chi connectivity index (χ2n) is 8.83. The van der Waals surface area contributed by atoms with Gasteiger partial charge in [-0.25, -0.2) is 9.07 Å². The molecular formula is C28H27FN4O2S2. The smallest absolute Gasteiger partial charge is 0.240 e. The lowest BCUT2D eigenvalue weighted by Gasteiger charge is -2.23. The van der Waals surface area contributed by atoms with Gasteiger partial charge in [-0.05, 0) is 54.6 Å². The van der Waals surface area contributed by atoms with E-state index in [2.05, 4.69) is 23.7 Å². The Kier molecular flexibility index (Phi) is 7.43. The van der Waals surface area contributed by atoms with Crippen molar-refractivity contribution in [2.75, 3.05) is 23.7 Å². The van der Waals surface area contributed by atoms with Crippen molar-refractivity contribution in [1.82, 2.24) is 15.1 Å². The summed E-state index contributed by atoms with van der Waals surface area (Å²) in [4.78, 5) is 29.2. The summed E-state index contributed by atoms with van der Waals surface area (Å²) < 4.78 is 15.5. The highest BCUT2D eigenvalue weighted by molar-refractivity contribution is 8.00. The lowest BCUT2D eigenvalue weighted by molar-refractivity contribution is -0.122. The van der Waals surface area contributed by atoms with E-state index in [1.807, 2.05) is 37.3 Å². The third kappa shape index (κ3) is 5.06. The van der Waals surface area contributed by atoms with Crippen molar-refractivity contribution in [2.45, 2.75) is 25.5 Å². The van der Waals surface area contributed by atoms with Crippen LogP contribution in [0.15, 0.2) is 66.0 Å². The fourth-order valence-corrected chi connectivity index (χ4v) is 6.89. The Morgan fingerprint density at radius 2 is 1.89 bits per heavy atom.